The van der Waals surface area contributed by atoms with Crippen LogP contribution in [0.4, 0.5) is 0 Å². The molecule has 4 rings (SSSR count). The molecule has 180 valence electrons. The van der Waals surface area contributed by atoms with Crippen molar-refractivity contribution in [2.24, 2.45) is 0 Å². The van der Waals surface area contributed by atoms with Gasteiger partial charge in [-0.05, 0) is 61.7 Å². The molecule has 2 heterocycles. The predicted octanol–water partition coefficient (Wildman–Crippen LogP) is 3.93. The van der Waals surface area contributed by atoms with Crippen LogP contribution in [0, 0.1) is 0 Å². The van der Waals surface area contributed by atoms with Gasteiger partial charge in [0.05, 0.1) is 49.9 Å². The summed E-state index contributed by atoms with van der Waals surface area (Å²) in [4.78, 5) is 30.0. The molecule has 0 N–H and O–H groups in total. The Balaban J connectivity index is 1.49. The van der Waals surface area contributed by atoms with E-state index in [2.05, 4.69) is 0 Å². The minimum absolute atomic E-state index is 0.00375. The van der Waals surface area contributed by atoms with Crippen LogP contribution in [0.3, 0.4) is 0 Å². The first-order chi connectivity index (χ1) is 16.6. The number of hydrogen-bond donors (Lipinski definition) is 0. The molecule has 1 unspecified atom stereocenters. The van der Waals surface area contributed by atoms with Gasteiger partial charge in [-0.3, -0.25) is 9.36 Å². The Morgan fingerprint density at radius 3 is 2.68 bits per heavy atom. The summed E-state index contributed by atoms with van der Waals surface area (Å²) >= 11 is 1.50. The molecule has 2 aromatic carbocycles. The maximum atomic E-state index is 13.3. The molecular weight excluding hydrogens is 456 g/mol. The average Bonchev–Trinajstić information content (AvgIpc) is 3.39. The zero-order valence-electron chi connectivity index (χ0n) is 19.3. The topological polar surface area (TPSA) is 88.9 Å². The molecule has 34 heavy (non-hydrogen) atoms. The minimum Gasteiger partial charge on any atom is -0.497 e. The van der Waals surface area contributed by atoms with Gasteiger partial charge in [0.15, 0.2) is 5.16 Å². The number of carbonyl (C=O) groups is 1. The molecule has 9 heteroatoms. The van der Waals surface area contributed by atoms with Gasteiger partial charge in [-0.25, -0.2) is 9.78 Å². The van der Waals surface area contributed by atoms with Gasteiger partial charge in [0.2, 0.25) is 0 Å². The van der Waals surface area contributed by atoms with E-state index in [1.807, 2.05) is 24.3 Å². The van der Waals surface area contributed by atoms with E-state index in [1.54, 1.807) is 29.9 Å². The molecule has 1 fully saturated rings. The van der Waals surface area contributed by atoms with E-state index < -0.39 is 5.97 Å². The zero-order valence-corrected chi connectivity index (χ0v) is 20.1. The Labute approximate surface area is 202 Å². The zero-order chi connectivity index (χ0) is 23.9. The molecule has 0 saturated carbocycles. The molecule has 1 atom stereocenters. The SMILES string of the molecule is COC(=O)c1ccc2c(=O)n(CC3CCCO3)c(SCCCOc3ccc(OC)cc3)nc2c1. The smallest absolute Gasteiger partial charge is 0.337 e. The molecule has 1 aromatic heterocycles. The van der Waals surface area contributed by atoms with Crippen LogP contribution in [0.25, 0.3) is 10.9 Å². The van der Waals surface area contributed by atoms with Crippen molar-refractivity contribution in [2.45, 2.75) is 37.1 Å². The van der Waals surface area contributed by atoms with Gasteiger partial charge in [0.25, 0.3) is 5.56 Å². The summed E-state index contributed by atoms with van der Waals surface area (Å²) in [5.74, 6) is 1.82. The number of hydrogen-bond acceptors (Lipinski definition) is 8. The number of carbonyl (C=O) groups excluding carboxylic acids is 1. The number of thioether (sulfide) groups is 1. The predicted molar refractivity (Wildman–Crippen MR) is 130 cm³/mol. The fraction of sp³-hybridized carbons (Fsp3) is 0.400. The molecule has 8 nitrogen and oxygen atoms in total. The second-order valence-corrected chi connectivity index (χ2v) is 8.96. The fourth-order valence-electron chi connectivity index (χ4n) is 3.79. The van der Waals surface area contributed by atoms with Crippen LogP contribution < -0.4 is 15.0 Å². The second-order valence-electron chi connectivity index (χ2n) is 7.89. The molecule has 0 bridgehead atoms. The number of aromatic nitrogens is 2. The Morgan fingerprint density at radius 2 is 1.97 bits per heavy atom. The molecule has 1 saturated heterocycles. The molecule has 0 amide bonds. The quantitative estimate of drug-likeness (QED) is 0.185. The Kier molecular flexibility index (Phi) is 8.08. The first-order valence-corrected chi connectivity index (χ1v) is 12.2. The highest BCUT2D eigenvalue weighted by Crippen LogP contribution is 2.23. The highest BCUT2D eigenvalue weighted by atomic mass is 32.2. The average molecular weight is 485 g/mol. The number of fused-ring (bicyclic) bond motifs is 1. The van der Waals surface area contributed by atoms with Crippen molar-refractivity contribution in [3.63, 3.8) is 0 Å². The monoisotopic (exact) mass is 484 g/mol. The minimum atomic E-state index is -0.461. The summed E-state index contributed by atoms with van der Waals surface area (Å²) in [5.41, 5.74) is 0.713. The third-order valence-corrected chi connectivity index (χ3v) is 6.66. The van der Waals surface area contributed by atoms with Crippen LogP contribution in [0.5, 0.6) is 11.5 Å². The van der Waals surface area contributed by atoms with Crippen molar-refractivity contribution >= 4 is 28.6 Å². The maximum Gasteiger partial charge on any atom is 0.337 e. The summed E-state index contributed by atoms with van der Waals surface area (Å²) < 4.78 is 23.2. The van der Waals surface area contributed by atoms with Crippen molar-refractivity contribution in [2.75, 3.05) is 33.2 Å². The number of esters is 1. The van der Waals surface area contributed by atoms with Crippen molar-refractivity contribution in [3.8, 4) is 11.5 Å². The number of rotatable bonds is 10. The van der Waals surface area contributed by atoms with E-state index >= 15 is 0 Å². The van der Waals surface area contributed by atoms with E-state index in [0.29, 0.717) is 41.4 Å². The van der Waals surface area contributed by atoms with Crippen LogP contribution in [0.1, 0.15) is 29.6 Å². The van der Waals surface area contributed by atoms with Crippen molar-refractivity contribution in [1.82, 2.24) is 9.55 Å². The lowest BCUT2D eigenvalue weighted by atomic mass is 10.1. The van der Waals surface area contributed by atoms with E-state index in [1.165, 1.54) is 18.9 Å². The van der Waals surface area contributed by atoms with Gasteiger partial charge in [0, 0.05) is 12.4 Å². The normalized spacial score (nSPS) is 15.4. The van der Waals surface area contributed by atoms with Crippen LogP contribution in [-0.2, 0) is 16.0 Å². The fourth-order valence-corrected chi connectivity index (χ4v) is 4.71. The molecular formula is C25H28N2O6S. The summed E-state index contributed by atoms with van der Waals surface area (Å²) in [7, 11) is 2.96. The van der Waals surface area contributed by atoms with Gasteiger partial charge < -0.3 is 18.9 Å². The van der Waals surface area contributed by atoms with Gasteiger partial charge in [-0.2, -0.15) is 0 Å². The third kappa shape index (κ3) is 5.71. The highest BCUT2D eigenvalue weighted by molar-refractivity contribution is 7.99. The summed E-state index contributed by atoms with van der Waals surface area (Å²) in [6.07, 6.45) is 2.69. The number of benzene rings is 2. The molecule has 0 spiro atoms. The Hall–Kier alpha value is -3.04. The van der Waals surface area contributed by atoms with E-state index in [0.717, 1.165) is 36.5 Å². The number of ether oxygens (including phenoxy) is 4. The molecule has 1 aliphatic rings. The molecule has 1 aliphatic heterocycles. The summed E-state index contributed by atoms with van der Waals surface area (Å²) in [5, 5.41) is 1.08. The van der Waals surface area contributed by atoms with Crippen LogP contribution in [0.2, 0.25) is 0 Å². The molecule has 0 radical (unpaired) electrons. The van der Waals surface area contributed by atoms with E-state index in [4.69, 9.17) is 23.9 Å². The van der Waals surface area contributed by atoms with Crippen LogP contribution in [0.15, 0.2) is 52.4 Å². The van der Waals surface area contributed by atoms with E-state index in [-0.39, 0.29) is 11.7 Å². The van der Waals surface area contributed by atoms with Gasteiger partial charge in [-0.15, -0.1) is 0 Å². The standard InChI is InChI=1S/C25H28N2O6S/c1-30-18-7-9-19(10-8-18)32-13-4-14-34-25-26-22-15-17(24(29)31-2)6-11-21(22)23(28)27(25)16-20-5-3-12-33-20/h6-11,15,20H,3-5,12-14,16H2,1-2H3. The lowest BCUT2D eigenvalue weighted by Gasteiger charge is -2.16. The van der Waals surface area contributed by atoms with E-state index in [9.17, 15) is 9.59 Å². The Bertz CT molecular complexity index is 1190. The van der Waals surface area contributed by atoms with Crippen LogP contribution >= 0.6 is 11.8 Å². The van der Waals surface area contributed by atoms with Crippen molar-refractivity contribution in [3.05, 3.63) is 58.4 Å². The first kappa shape index (κ1) is 24.1. The third-order valence-electron chi connectivity index (χ3n) is 5.60. The molecule has 3 aromatic rings. The summed E-state index contributed by atoms with van der Waals surface area (Å²) in [6, 6.07) is 12.3. The molecule has 0 aliphatic carbocycles. The van der Waals surface area contributed by atoms with Gasteiger partial charge >= 0.3 is 5.97 Å². The largest absolute Gasteiger partial charge is 0.497 e. The van der Waals surface area contributed by atoms with Crippen LogP contribution in [-0.4, -0.2) is 54.8 Å². The second kappa shape index (κ2) is 11.4. The highest BCUT2D eigenvalue weighted by Gasteiger charge is 2.21. The van der Waals surface area contributed by atoms with Crippen molar-refractivity contribution < 1.29 is 23.7 Å². The van der Waals surface area contributed by atoms with Gasteiger partial charge in [0.1, 0.15) is 11.5 Å². The Morgan fingerprint density at radius 1 is 1.18 bits per heavy atom. The van der Waals surface area contributed by atoms with Crippen molar-refractivity contribution in [1.29, 1.82) is 0 Å². The first-order valence-electron chi connectivity index (χ1n) is 11.2. The lowest BCUT2D eigenvalue weighted by Crippen LogP contribution is -2.29. The lowest BCUT2D eigenvalue weighted by molar-refractivity contribution is 0.0601. The maximum absolute atomic E-state index is 13.3. The summed E-state index contributed by atoms with van der Waals surface area (Å²) in [6.45, 7) is 1.72. The number of methoxy groups -OCH3 is 2. The number of nitrogens with zero attached hydrogens (tertiary/aromatic N) is 2. The van der Waals surface area contributed by atoms with Gasteiger partial charge in [-0.1, -0.05) is 11.8 Å².